The van der Waals surface area contributed by atoms with Crippen LogP contribution in [0.15, 0.2) is 6.07 Å². The minimum absolute atomic E-state index is 0.147. The van der Waals surface area contributed by atoms with Crippen LogP contribution in [-0.2, 0) is 43.7 Å². The molecular formula is C17H24N6O. The van der Waals surface area contributed by atoms with Gasteiger partial charge in [-0.15, -0.1) is 0 Å². The SMILES string of the molecule is CN(Cc1n[nH]c2c1CCC2)C(=O)CCc1cc2n(n1)CCNC2. The summed E-state index contributed by atoms with van der Waals surface area (Å²) >= 11 is 0. The predicted octanol–water partition coefficient (Wildman–Crippen LogP) is 0.789. The van der Waals surface area contributed by atoms with E-state index < -0.39 is 0 Å². The fraction of sp³-hybridized carbons (Fsp3) is 0.588. The van der Waals surface area contributed by atoms with Crippen molar-refractivity contribution >= 4 is 5.91 Å². The first-order chi connectivity index (χ1) is 11.7. The molecule has 0 atom stereocenters. The maximum absolute atomic E-state index is 12.4. The number of H-pyrrole nitrogens is 1. The number of nitrogens with zero attached hydrogens (tertiary/aromatic N) is 4. The van der Waals surface area contributed by atoms with E-state index in [1.165, 1.54) is 23.4 Å². The summed E-state index contributed by atoms with van der Waals surface area (Å²) in [7, 11) is 1.86. The van der Waals surface area contributed by atoms with Gasteiger partial charge in [0.15, 0.2) is 0 Å². The zero-order chi connectivity index (χ0) is 16.5. The fourth-order valence-corrected chi connectivity index (χ4v) is 3.63. The van der Waals surface area contributed by atoms with E-state index in [4.69, 9.17) is 0 Å². The van der Waals surface area contributed by atoms with Crippen molar-refractivity contribution in [2.24, 2.45) is 0 Å². The Morgan fingerprint density at radius 3 is 3.21 bits per heavy atom. The second-order valence-corrected chi connectivity index (χ2v) is 6.76. The highest BCUT2D eigenvalue weighted by Gasteiger charge is 2.21. The van der Waals surface area contributed by atoms with E-state index in [0.717, 1.165) is 43.9 Å². The van der Waals surface area contributed by atoms with Gasteiger partial charge in [0.1, 0.15) is 0 Å². The molecule has 2 aromatic heterocycles. The Labute approximate surface area is 141 Å². The zero-order valence-electron chi connectivity index (χ0n) is 14.1. The van der Waals surface area contributed by atoms with Crippen molar-refractivity contribution in [1.82, 2.24) is 30.2 Å². The number of carbonyl (C=O) groups excluding carboxylic acids is 1. The Balaban J connectivity index is 1.33. The van der Waals surface area contributed by atoms with Crippen LogP contribution in [0.25, 0.3) is 0 Å². The lowest BCUT2D eigenvalue weighted by atomic mass is 10.1. The molecule has 0 aromatic carbocycles. The number of carbonyl (C=O) groups is 1. The molecule has 0 radical (unpaired) electrons. The highest BCUT2D eigenvalue weighted by Crippen LogP contribution is 2.23. The number of fused-ring (bicyclic) bond motifs is 2. The van der Waals surface area contributed by atoms with Crippen LogP contribution in [-0.4, -0.2) is 44.4 Å². The molecule has 0 fully saturated rings. The quantitative estimate of drug-likeness (QED) is 0.850. The van der Waals surface area contributed by atoms with Crippen molar-refractivity contribution in [1.29, 1.82) is 0 Å². The molecule has 0 saturated heterocycles. The van der Waals surface area contributed by atoms with E-state index in [0.29, 0.717) is 19.4 Å². The number of aromatic amines is 1. The molecule has 2 aromatic rings. The summed E-state index contributed by atoms with van der Waals surface area (Å²) in [4.78, 5) is 14.2. The van der Waals surface area contributed by atoms with Gasteiger partial charge in [-0.25, -0.2) is 0 Å². The van der Waals surface area contributed by atoms with Gasteiger partial charge in [-0.05, 0) is 30.9 Å². The molecule has 0 unspecified atom stereocenters. The number of hydrogen-bond acceptors (Lipinski definition) is 4. The molecule has 2 N–H and O–H groups in total. The van der Waals surface area contributed by atoms with Gasteiger partial charge in [-0.2, -0.15) is 10.2 Å². The smallest absolute Gasteiger partial charge is 0.223 e. The second kappa shape index (κ2) is 6.39. The van der Waals surface area contributed by atoms with Crippen LogP contribution in [0.2, 0.25) is 0 Å². The molecule has 0 bridgehead atoms. The molecule has 0 saturated carbocycles. The Bertz CT molecular complexity index is 723. The Morgan fingerprint density at radius 2 is 2.33 bits per heavy atom. The van der Waals surface area contributed by atoms with E-state index in [9.17, 15) is 4.79 Å². The second-order valence-electron chi connectivity index (χ2n) is 6.76. The summed E-state index contributed by atoms with van der Waals surface area (Å²) in [5, 5.41) is 15.4. The molecule has 1 aliphatic carbocycles. The zero-order valence-corrected chi connectivity index (χ0v) is 14.1. The third-order valence-corrected chi connectivity index (χ3v) is 5.02. The van der Waals surface area contributed by atoms with Crippen molar-refractivity contribution in [3.63, 3.8) is 0 Å². The van der Waals surface area contributed by atoms with Gasteiger partial charge in [-0.3, -0.25) is 14.6 Å². The lowest BCUT2D eigenvalue weighted by Crippen LogP contribution is -2.28. The lowest BCUT2D eigenvalue weighted by molar-refractivity contribution is -0.130. The first kappa shape index (κ1) is 15.4. The van der Waals surface area contributed by atoms with Crippen molar-refractivity contribution in [2.75, 3.05) is 13.6 Å². The average molecular weight is 328 g/mol. The van der Waals surface area contributed by atoms with Crippen LogP contribution in [0.4, 0.5) is 0 Å². The third kappa shape index (κ3) is 2.96. The van der Waals surface area contributed by atoms with Crippen molar-refractivity contribution < 1.29 is 4.79 Å². The van der Waals surface area contributed by atoms with Crippen LogP contribution in [0.3, 0.4) is 0 Å². The minimum Gasteiger partial charge on any atom is -0.340 e. The molecule has 24 heavy (non-hydrogen) atoms. The summed E-state index contributed by atoms with van der Waals surface area (Å²) in [6.45, 7) is 3.33. The van der Waals surface area contributed by atoms with Gasteiger partial charge < -0.3 is 10.2 Å². The number of aryl methyl sites for hydroxylation is 2. The fourth-order valence-electron chi connectivity index (χ4n) is 3.63. The summed E-state index contributed by atoms with van der Waals surface area (Å²) in [6, 6.07) is 2.11. The topological polar surface area (TPSA) is 78.8 Å². The molecule has 1 aliphatic heterocycles. The molecule has 4 rings (SSSR count). The monoisotopic (exact) mass is 328 g/mol. The largest absolute Gasteiger partial charge is 0.340 e. The van der Waals surface area contributed by atoms with Gasteiger partial charge in [0.25, 0.3) is 0 Å². The first-order valence-corrected chi connectivity index (χ1v) is 8.76. The maximum atomic E-state index is 12.4. The standard InChI is InChI=1S/C17H24N6O/c1-22(11-16-14-3-2-4-15(14)19-20-16)17(24)6-5-12-9-13-10-18-7-8-23(13)21-12/h9,18H,2-8,10-11H2,1H3,(H,19,20). The molecule has 1 amide bonds. The number of rotatable bonds is 5. The summed E-state index contributed by atoms with van der Waals surface area (Å²) in [5.41, 5.74) is 5.83. The Hall–Kier alpha value is -2.15. The van der Waals surface area contributed by atoms with Gasteiger partial charge in [0.2, 0.25) is 5.91 Å². The Morgan fingerprint density at radius 1 is 1.42 bits per heavy atom. The lowest BCUT2D eigenvalue weighted by Gasteiger charge is -2.16. The molecule has 2 aliphatic rings. The number of nitrogens with one attached hydrogen (secondary N) is 2. The van der Waals surface area contributed by atoms with Gasteiger partial charge >= 0.3 is 0 Å². The van der Waals surface area contributed by atoms with Crippen molar-refractivity contribution in [2.45, 2.75) is 51.7 Å². The normalized spacial score (nSPS) is 16.0. The van der Waals surface area contributed by atoms with E-state index in [-0.39, 0.29) is 5.91 Å². The highest BCUT2D eigenvalue weighted by atomic mass is 16.2. The molecule has 0 spiro atoms. The first-order valence-electron chi connectivity index (χ1n) is 8.76. The predicted molar refractivity (Wildman–Crippen MR) is 89.3 cm³/mol. The average Bonchev–Trinajstić information content (AvgIpc) is 3.28. The summed E-state index contributed by atoms with van der Waals surface area (Å²) in [5.74, 6) is 0.147. The van der Waals surface area contributed by atoms with Crippen LogP contribution in [0.5, 0.6) is 0 Å². The number of aromatic nitrogens is 4. The molecular weight excluding hydrogens is 304 g/mol. The molecule has 3 heterocycles. The molecule has 128 valence electrons. The van der Waals surface area contributed by atoms with Crippen LogP contribution in [0, 0.1) is 0 Å². The Kier molecular flexibility index (Phi) is 4.10. The van der Waals surface area contributed by atoms with Crippen LogP contribution < -0.4 is 5.32 Å². The van der Waals surface area contributed by atoms with Gasteiger partial charge in [0.05, 0.1) is 30.2 Å². The van der Waals surface area contributed by atoms with Crippen LogP contribution in [0.1, 0.15) is 41.2 Å². The maximum Gasteiger partial charge on any atom is 0.223 e. The van der Waals surface area contributed by atoms with Crippen molar-refractivity contribution in [3.05, 3.63) is 34.4 Å². The van der Waals surface area contributed by atoms with Gasteiger partial charge in [0, 0.05) is 38.7 Å². The van der Waals surface area contributed by atoms with E-state index in [1.807, 2.05) is 11.7 Å². The van der Waals surface area contributed by atoms with Crippen molar-refractivity contribution in [3.8, 4) is 0 Å². The molecule has 7 heteroatoms. The summed E-state index contributed by atoms with van der Waals surface area (Å²) in [6.07, 6.45) is 4.54. The molecule has 7 nitrogen and oxygen atoms in total. The van der Waals surface area contributed by atoms with Crippen LogP contribution >= 0.6 is 0 Å². The van der Waals surface area contributed by atoms with E-state index in [2.05, 4.69) is 26.7 Å². The highest BCUT2D eigenvalue weighted by molar-refractivity contribution is 5.76. The summed E-state index contributed by atoms with van der Waals surface area (Å²) < 4.78 is 2.05. The third-order valence-electron chi connectivity index (χ3n) is 5.02. The van der Waals surface area contributed by atoms with Gasteiger partial charge in [-0.1, -0.05) is 0 Å². The minimum atomic E-state index is 0.147. The number of amides is 1. The van der Waals surface area contributed by atoms with E-state index in [1.54, 1.807) is 4.90 Å². The number of hydrogen-bond donors (Lipinski definition) is 2. The van der Waals surface area contributed by atoms with E-state index >= 15 is 0 Å².